The largest absolute Gasteiger partial charge is 0.493 e. The number of hydrogen-bond donors (Lipinski definition) is 1. The van der Waals surface area contributed by atoms with Crippen LogP contribution in [0.1, 0.15) is 26.3 Å². The van der Waals surface area contributed by atoms with Crippen molar-refractivity contribution in [1.29, 1.82) is 0 Å². The summed E-state index contributed by atoms with van der Waals surface area (Å²) >= 11 is 5.79. The first kappa shape index (κ1) is 19.5. The van der Waals surface area contributed by atoms with E-state index in [2.05, 4.69) is 0 Å². The van der Waals surface area contributed by atoms with Crippen molar-refractivity contribution in [2.24, 2.45) is 0 Å². The standard InChI is InChI=1S/C22H17ClO5/c23-17-8-11-20(19(14-17)21(24)25)28-22(26)16-6-9-18(10-7-16)27-13-12-15-4-2-1-3-5-15/h1-11,14H,12-13H2,(H,24,25). The summed E-state index contributed by atoms with van der Waals surface area (Å²) in [5.74, 6) is -1.33. The van der Waals surface area contributed by atoms with E-state index in [0.29, 0.717) is 12.4 Å². The SMILES string of the molecule is O=C(Oc1ccc(Cl)cc1C(=O)O)c1ccc(OCCc2ccccc2)cc1. The zero-order chi connectivity index (χ0) is 19.9. The molecule has 0 aliphatic heterocycles. The molecule has 6 heteroatoms. The van der Waals surface area contributed by atoms with Crippen LogP contribution < -0.4 is 9.47 Å². The average molecular weight is 397 g/mol. The molecule has 3 rings (SSSR count). The first-order valence-electron chi connectivity index (χ1n) is 8.55. The van der Waals surface area contributed by atoms with Crippen LogP contribution in [0.2, 0.25) is 5.02 Å². The summed E-state index contributed by atoms with van der Waals surface area (Å²) in [6.45, 7) is 0.514. The van der Waals surface area contributed by atoms with Crippen molar-refractivity contribution >= 4 is 23.5 Å². The molecule has 0 atom stereocenters. The summed E-state index contributed by atoms with van der Waals surface area (Å²) in [6.07, 6.45) is 0.777. The van der Waals surface area contributed by atoms with Crippen molar-refractivity contribution in [2.75, 3.05) is 6.61 Å². The molecule has 0 unspecified atom stereocenters. The highest BCUT2D eigenvalue weighted by atomic mass is 35.5. The third-order valence-corrected chi connectivity index (χ3v) is 4.20. The van der Waals surface area contributed by atoms with Gasteiger partial charge in [0.1, 0.15) is 17.1 Å². The zero-order valence-electron chi connectivity index (χ0n) is 14.8. The topological polar surface area (TPSA) is 72.8 Å². The highest BCUT2D eigenvalue weighted by Gasteiger charge is 2.16. The number of carboxylic acid groups (broad SMARTS) is 1. The molecule has 0 aromatic heterocycles. The first-order chi connectivity index (χ1) is 13.5. The summed E-state index contributed by atoms with van der Waals surface area (Å²) in [7, 11) is 0. The lowest BCUT2D eigenvalue weighted by Crippen LogP contribution is -2.11. The van der Waals surface area contributed by atoms with Gasteiger partial charge < -0.3 is 14.6 Å². The van der Waals surface area contributed by atoms with Crippen molar-refractivity contribution in [2.45, 2.75) is 6.42 Å². The molecule has 0 fully saturated rings. The van der Waals surface area contributed by atoms with E-state index in [9.17, 15) is 14.7 Å². The van der Waals surface area contributed by atoms with E-state index < -0.39 is 11.9 Å². The molecule has 3 aromatic rings. The quantitative estimate of drug-likeness (QED) is 0.455. The van der Waals surface area contributed by atoms with Gasteiger partial charge in [-0.05, 0) is 48.0 Å². The fraction of sp³-hybridized carbons (Fsp3) is 0.0909. The Bertz CT molecular complexity index is 968. The van der Waals surface area contributed by atoms with Gasteiger partial charge in [-0.25, -0.2) is 9.59 Å². The Hall–Kier alpha value is -3.31. The molecule has 28 heavy (non-hydrogen) atoms. The van der Waals surface area contributed by atoms with E-state index in [1.54, 1.807) is 24.3 Å². The molecule has 0 saturated heterocycles. The summed E-state index contributed by atoms with van der Waals surface area (Å²) in [4.78, 5) is 23.6. The van der Waals surface area contributed by atoms with Crippen molar-refractivity contribution in [3.8, 4) is 11.5 Å². The number of esters is 1. The van der Waals surface area contributed by atoms with Crippen molar-refractivity contribution in [3.63, 3.8) is 0 Å². The molecule has 0 radical (unpaired) electrons. The van der Waals surface area contributed by atoms with Gasteiger partial charge in [0.05, 0.1) is 12.2 Å². The smallest absolute Gasteiger partial charge is 0.343 e. The number of rotatable bonds is 7. The lowest BCUT2D eigenvalue weighted by atomic mass is 10.2. The Morgan fingerprint density at radius 3 is 2.32 bits per heavy atom. The second kappa shape index (κ2) is 9.06. The minimum absolute atomic E-state index is 0.0647. The summed E-state index contributed by atoms with van der Waals surface area (Å²) < 4.78 is 10.9. The van der Waals surface area contributed by atoms with Crippen molar-refractivity contribution in [3.05, 3.63) is 94.5 Å². The Kier molecular flexibility index (Phi) is 6.29. The molecular formula is C22H17ClO5. The van der Waals surface area contributed by atoms with Gasteiger partial charge in [-0.3, -0.25) is 0 Å². The summed E-state index contributed by atoms with van der Waals surface area (Å²) in [5.41, 5.74) is 1.28. The summed E-state index contributed by atoms with van der Waals surface area (Å²) in [5, 5.41) is 9.45. The van der Waals surface area contributed by atoms with Crippen LogP contribution in [0.3, 0.4) is 0 Å². The van der Waals surface area contributed by atoms with E-state index in [0.717, 1.165) is 6.42 Å². The lowest BCUT2D eigenvalue weighted by Gasteiger charge is -2.09. The van der Waals surface area contributed by atoms with Crippen LogP contribution in [-0.4, -0.2) is 23.7 Å². The Balaban J connectivity index is 1.60. The molecule has 0 amide bonds. The lowest BCUT2D eigenvalue weighted by molar-refractivity contribution is 0.0681. The highest BCUT2D eigenvalue weighted by molar-refractivity contribution is 6.31. The van der Waals surface area contributed by atoms with Crippen LogP contribution >= 0.6 is 11.6 Å². The molecule has 0 bridgehead atoms. The van der Waals surface area contributed by atoms with Crippen LogP contribution in [0.25, 0.3) is 0 Å². The van der Waals surface area contributed by atoms with E-state index in [-0.39, 0.29) is 21.9 Å². The van der Waals surface area contributed by atoms with E-state index in [1.807, 2.05) is 30.3 Å². The Morgan fingerprint density at radius 2 is 1.64 bits per heavy atom. The molecule has 0 saturated carbocycles. The molecule has 0 spiro atoms. The van der Waals surface area contributed by atoms with Gasteiger partial charge in [-0.15, -0.1) is 0 Å². The number of hydrogen-bond acceptors (Lipinski definition) is 4. The molecule has 0 heterocycles. The van der Waals surface area contributed by atoms with Crippen LogP contribution in [0.5, 0.6) is 11.5 Å². The molecular weight excluding hydrogens is 380 g/mol. The van der Waals surface area contributed by atoms with Crippen LogP contribution in [0.4, 0.5) is 0 Å². The molecule has 142 valence electrons. The van der Waals surface area contributed by atoms with Crippen molar-refractivity contribution < 1.29 is 24.2 Å². The van der Waals surface area contributed by atoms with E-state index in [4.69, 9.17) is 21.1 Å². The van der Waals surface area contributed by atoms with E-state index >= 15 is 0 Å². The first-order valence-corrected chi connectivity index (χ1v) is 8.92. The van der Waals surface area contributed by atoms with Gasteiger partial charge in [-0.2, -0.15) is 0 Å². The van der Waals surface area contributed by atoms with Crippen LogP contribution in [0, 0.1) is 0 Å². The number of halogens is 1. The molecule has 5 nitrogen and oxygen atoms in total. The molecule has 0 aliphatic carbocycles. The van der Waals surface area contributed by atoms with Crippen LogP contribution in [-0.2, 0) is 6.42 Å². The fourth-order valence-corrected chi connectivity index (χ4v) is 2.71. The zero-order valence-corrected chi connectivity index (χ0v) is 15.6. The highest BCUT2D eigenvalue weighted by Crippen LogP contribution is 2.24. The molecule has 0 aliphatic rings. The monoisotopic (exact) mass is 396 g/mol. The predicted molar refractivity (Wildman–Crippen MR) is 105 cm³/mol. The van der Waals surface area contributed by atoms with Crippen molar-refractivity contribution in [1.82, 2.24) is 0 Å². The second-order valence-corrected chi connectivity index (χ2v) is 6.38. The average Bonchev–Trinajstić information content (AvgIpc) is 2.70. The van der Waals surface area contributed by atoms with Gasteiger partial charge >= 0.3 is 11.9 Å². The number of carboxylic acids is 1. The van der Waals surface area contributed by atoms with E-state index in [1.165, 1.54) is 23.8 Å². The third-order valence-electron chi connectivity index (χ3n) is 3.97. The number of aromatic carboxylic acids is 1. The maximum atomic E-state index is 12.3. The van der Waals surface area contributed by atoms with Gasteiger partial charge in [0, 0.05) is 11.4 Å². The maximum absolute atomic E-state index is 12.3. The number of carbonyl (C=O) groups is 2. The fourth-order valence-electron chi connectivity index (χ4n) is 2.54. The summed E-state index contributed by atoms with van der Waals surface area (Å²) in [6, 6.07) is 20.5. The predicted octanol–water partition coefficient (Wildman–Crippen LogP) is 4.88. The minimum Gasteiger partial charge on any atom is -0.493 e. The Morgan fingerprint density at radius 1 is 0.929 bits per heavy atom. The maximum Gasteiger partial charge on any atom is 0.343 e. The van der Waals surface area contributed by atoms with Gasteiger partial charge in [0.2, 0.25) is 0 Å². The van der Waals surface area contributed by atoms with Gasteiger partial charge in [0.15, 0.2) is 0 Å². The second-order valence-electron chi connectivity index (χ2n) is 5.94. The number of ether oxygens (including phenoxy) is 2. The third kappa shape index (κ3) is 5.11. The van der Waals surface area contributed by atoms with Gasteiger partial charge in [-0.1, -0.05) is 41.9 Å². The molecule has 3 aromatic carbocycles. The number of carbonyl (C=O) groups excluding carboxylic acids is 1. The number of benzene rings is 3. The molecule has 1 N–H and O–H groups in total. The Labute approximate surface area is 167 Å². The van der Waals surface area contributed by atoms with Gasteiger partial charge in [0.25, 0.3) is 0 Å². The minimum atomic E-state index is -1.23. The normalized spacial score (nSPS) is 10.3. The van der Waals surface area contributed by atoms with Crippen LogP contribution in [0.15, 0.2) is 72.8 Å².